The molecule has 1 atom stereocenters. The summed E-state index contributed by atoms with van der Waals surface area (Å²) in [7, 11) is 0. The molecular formula is C31H37BrN4O8. The number of piperazine rings is 1. The van der Waals surface area contributed by atoms with Gasteiger partial charge >= 0.3 is 0 Å². The highest BCUT2D eigenvalue weighted by molar-refractivity contribution is 9.10. The number of carbonyl (C=O) groups is 4. The van der Waals surface area contributed by atoms with Gasteiger partial charge in [0.25, 0.3) is 11.8 Å². The third-order valence-corrected chi connectivity index (χ3v) is 8.30. The van der Waals surface area contributed by atoms with Crippen LogP contribution in [0.2, 0.25) is 0 Å². The molecule has 12 nitrogen and oxygen atoms in total. The monoisotopic (exact) mass is 672 g/mol. The minimum Gasteiger partial charge on any atom is -0.491 e. The second-order valence-corrected chi connectivity index (χ2v) is 11.6. The Morgan fingerprint density at radius 1 is 0.750 bits per heavy atom. The molecule has 0 radical (unpaired) electrons. The number of halogens is 1. The van der Waals surface area contributed by atoms with Crippen LogP contribution < -0.4 is 15.0 Å². The fourth-order valence-corrected chi connectivity index (χ4v) is 5.63. The van der Waals surface area contributed by atoms with E-state index in [0.717, 1.165) is 53.5 Å². The predicted octanol–water partition coefficient (Wildman–Crippen LogP) is 2.10. The van der Waals surface area contributed by atoms with Gasteiger partial charge < -0.3 is 23.8 Å². The SMILES string of the molecule is O=C1CCC(N2C(=O)c3ccc(N4CCN(CCOCCOCCOCCOc5ccc(Br)cc5)CC4)cc3C2=O)C(=O)N1. The Balaban J connectivity index is 0.926. The van der Waals surface area contributed by atoms with Gasteiger partial charge in [0, 0.05) is 49.3 Å². The van der Waals surface area contributed by atoms with Crippen LogP contribution in [0, 0.1) is 0 Å². The fraction of sp³-hybridized carbons (Fsp3) is 0.484. The maximum atomic E-state index is 13.1. The highest BCUT2D eigenvalue weighted by atomic mass is 79.9. The van der Waals surface area contributed by atoms with Gasteiger partial charge in [-0.05, 0) is 48.9 Å². The molecule has 236 valence electrons. The van der Waals surface area contributed by atoms with E-state index in [9.17, 15) is 19.2 Å². The summed E-state index contributed by atoms with van der Waals surface area (Å²) in [6.07, 6.45) is 0.237. The number of ether oxygens (including phenoxy) is 4. The Hall–Kier alpha value is -3.36. The van der Waals surface area contributed by atoms with Crippen molar-refractivity contribution in [3.8, 4) is 5.75 Å². The summed E-state index contributed by atoms with van der Waals surface area (Å²) in [5.41, 5.74) is 1.45. The lowest BCUT2D eigenvalue weighted by Crippen LogP contribution is -2.54. The van der Waals surface area contributed by atoms with Crippen molar-refractivity contribution in [2.45, 2.75) is 18.9 Å². The minimum atomic E-state index is -0.964. The maximum absolute atomic E-state index is 13.1. The number of benzene rings is 2. The van der Waals surface area contributed by atoms with Gasteiger partial charge in [-0.2, -0.15) is 0 Å². The highest BCUT2D eigenvalue weighted by Gasteiger charge is 2.44. The first-order chi connectivity index (χ1) is 21.4. The van der Waals surface area contributed by atoms with Crippen molar-refractivity contribution in [3.63, 3.8) is 0 Å². The normalized spacial score (nSPS) is 19.0. The average molecular weight is 674 g/mol. The molecule has 0 spiro atoms. The summed E-state index contributed by atoms with van der Waals surface area (Å²) in [6, 6.07) is 11.9. The number of hydrogen-bond donors (Lipinski definition) is 1. The van der Waals surface area contributed by atoms with E-state index in [4.69, 9.17) is 18.9 Å². The van der Waals surface area contributed by atoms with Crippen molar-refractivity contribution in [2.24, 2.45) is 0 Å². The number of hydrogen-bond acceptors (Lipinski definition) is 10. The first kappa shape index (κ1) is 32.0. The number of piperidine rings is 1. The van der Waals surface area contributed by atoms with E-state index in [1.807, 2.05) is 30.3 Å². The summed E-state index contributed by atoms with van der Waals surface area (Å²) >= 11 is 3.39. The predicted molar refractivity (Wildman–Crippen MR) is 164 cm³/mol. The van der Waals surface area contributed by atoms with Crippen LogP contribution in [0.3, 0.4) is 0 Å². The van der Waals surface area contributed by atoms with E-state index >= 15 is 0 Å². The number of anilines is 1. The molecule has 1 unspecified atom stereocenters. The largest absolute Gasteiger partial charge is 0.491 e. The third kappa shape index (κ3) is 8.21. The van der Waals surface area contributed by atoms with Crippen LogP contribution in [0.25, 0.3) is 0 Å². The Labute approximate surface area is 264 Å². The number of fused-ring (bicyclic) bond motifs is 1. The van der Waals surface area contributed by atoms with Crippen LogP contribution in [0.1, 0.15) is 33.6 Å². The maximum Gasteiger partial charge on any atom is 0.262 e. The molecule has 3 aliphatic heterocycles. The third-order valence-electron chi connectivity index (χ3n) is 7.77. The molecule has 0 aromatic heterocycles. The van der Waals surface area contributed by atoms with E-state index in [0.29, 0.717) is 51.8 Å². The molecule has 0 saturated carbocycles. The number of nitrogens with one attached hydrogen (secondary N) is 1. The molecule has 2 aromatic rings. The molecule has 2 saturated heterocycles. The lowest BCUT2D eigenvalue weighted by molar-refractivity contribution is -0.136. The highest BCUT2D eigenvalue weighted by Crippen LogP contribution is 2.31. The summed E-state index contributed by atoms with van der Waals surface area (Å²) < 4.78 is 23.4. The van der Waals surface area contributed by atoms with Gasteiger partial charge in [-0.25, -0.2) is 0 Å². The lowest BCUT2D eigenvalue weighted by Gasteiger charge is -2.36. The number of carbonyl (C=O) groups excluding carboxylic acids is 4. The average Bonchev–Trinajstić information content (AvgIpc) is 3.27. The molecule has 0 bridgehead atoms. The molecule has 3 aliphatic rings. The molecule has 44 heavy (non-hydrogen) atoms. The van der Waals surface area contributed by atoms with Crippen molar-refractivity contribution in [2.75, 3.05) is 83.9 Å². The Morgan fingerprint density at radius 2 is 1.39 bits per heavy atom. The molecule has 5 rings (SSSR count). The summed E-state index contributed by atoms with van der Waals surface area (Å²) in [6.45, 7) is 7.66. The number of rotatable bonds is 15. The van der Waals surface area contributed by atoms with Crippen molar-refractivity contribution >= 4 is 45.2 Å². The van der Waals surface area contributed by atoms with Crippen molar-refractivity contribution < 1.29 is 38.1 Å². The molecule has 2 aromatic carbocycles. The van der Waals surface area contributed by atoms with Crippen LogP contribution in [0.15, 0.2) is 46.9 Å². The second kappa shape index (κ2) is 15.6. The van der Waals surface area contributed by atoms with Crippen LogP contribution in [-0.2, 0) is 23.8 Å². The molecule has 0 aliphatic carbocycles. The second-order valence-electron chi connectivity index (χ2n) is 10.6. The van der Waals surface area contributed by atoms with Crippen LogP contribution >= 0.6 is 15.9 Å². The van der Waals surface area contributed by atoms with E-state index in [2.05, 4.69) is 31.0 Å². The number of nitrogens with zero attached hydrogens (tertiary/aromatic N) is 3. The summed E-state index contributed by atoms with van der Waals surface area (Å²) in [5, 5.41) is 2.22. The van der Waals surface area contributed by atoms with Gasteiger partial charge in [0.2, 0.25) is 11.8 Å². The van der Waals surface area contributed by atoms with Crippen LogP contribution in [-0.4, -0.2) is 118 Å². The van der Waals surface area contributed by atoms with E-state index in [-0.39, 0.29) is 18.4 Å². The topological polar surface area (TPSA) is 127 Å². The first-order valence-corrected chi connectivity index (χ1v) is 15.6. The zero-order valence-corrected chi connectivity index (χ0v) is 26.1. The molecule has 13 heteroatoms. The number of imide groups is 2. The zero-order chi connectivity index (χ0) is 30.9. The first-order valence-electron chi connectivity index (χ1n) is 14.9. The summed E-state index contributed by atoms with van der Waals surface area (Å²) in [4.78, 5) is 55.4. The van der Waals surface area contributed by atoms with Gasteiger partial charge in [-0.15, -0.1) is 0 Å². The van der Waals surface area contributed by atoms with E-state index in [1.165, 1.54) is 0 Å². The van der Waals surface area contributed by atoms with Gasteiger partial charge in [0.05, 0.1) is 50.8 Å². The Kier molecular flexibility index (Phi) is 11.3. The quantitative estimate of drug-likeness (QED) is 0.222. The van der Waals surface area contributed by atoms with Gasteiger partial charge in [-0.1, -0.05) is 15.9 Å². The summed E-state index contributed by atoms with van der Waals surface area (Å²) in [5.74, 6) is -1.17. The molecule has 2 fully saturated rings. The molecule has 1 N–H and O–H groups in total. The smallest absolute Gasteiger partial charge is 0.262 e. The van der Waals surface area contributed by atoms with Gasteiger partial charge in [0.15, 0.2) is 0 Å². The number of amides is 4. The molecule has 3 heterocycles. The Bertz CT molecular complexity index is 1330. The molecule has 4 amide bonds. The molecular weight excluding hydrogens is 636 g/mol. The lowest BCUT2D eigenvalue weighted by atomic mass is 10.0. The van der Waals surface area contributed by atoms with Crippen molar-refractivity contribution in [3.05, 3.63) is 58.1 Å². The van der Waals surface area contributed by atoms with E-state index < -0.39 is 29.7 Å². The van der Waals surface area contributed by atoms with E-state index in [1.54, 1.807) is 12.1 Å². The van der Waals surface area contributed by atoms with Crippen molar-refractivity contribution in [1.82, 2.24) is 15.1 Å². The van der Waals surface area contributed by atoms with Crippen LogP contribution in [0.4, 0.5) is 5.69 Å². The minimum absolute atomic E-state index is 0.0965. The van der Waals surface area contributed by atoms with Crippen molar-refractivity contribution in [1.29, 1.82) is 0 Å². The van der Waals surface area contributed by atoms with Crippen LogP contribution in [0.5, 0.6) is 5.75 Å². The van der Waals surface area contributed by atoms with Gasteiger partial charge in [-0.3, -0.25) is 34.3 Å². The standard InChI is InChI=1S/C31H37BrN4O8/c32-22-1-4-24(5-2-22)44-20-19-43-18-17-42-16-15-41-14-13-34-9-11-35(12-10-34)23-3-6-25-26(21-23)31(40)36(30(25)39)27-7-8-28(37)33-29(27)38/h1-6,21,27H,7-20H2,(H,33,37,38). The van der Waals surface area contributed by atoms with Gasteiger partial charge in [0.1, 0.15) is 18.4 Å². The fourth-order valence-electron chi connectivity index (χ4n) is 5.37. The Morgan fingerprint density at radius 3 is 2.07 bits per heavy atom. The zero-order valence-electron chi connectivity index (χ0n) is 24.5.